The standard InChI is InChI=1S/C25H35N9O6/c1-32(2)9-3-4-10-33-15-30-21-22(28-14-29-23(21)33)27-8-7-26-19(37)6-5-16-12-34(25(39)31-24(16)38)20-11-17(36)18(13-35)40-20/h5-6,12,14-15,17-18,20,35-36H,3-4,7-11,13H2,1-2H3,(H,26,37)(H,27,28,29)(H,31,38,39)/b6-5+. The number of rotatable bonds is 13. The van der Waals surface area contributed by atoms with Crippen LogP contribution in [0.3, 0.4) is 0 Å². The predicted molar refractivity (Wildman–Crippen MR) is 147 cm³/mol. The maximum Gasteiger partial charge on any atom is 0.330 e. The number of ether oxygens (including phenoxy) is 1. The molecule has 0 saturated carbocycles. The van der Waals surface area contributed by atoms with E-state index in [0.29, 0.717) is 17.9 Å². The highest BCUT2D eigenvalue weighted by atomic mass is 16.5. The first-order valence-corrected chi connectivity index (χ1v) is 13.1. The van der Waals surface area contributed by atoms with E-state index in [0.717, 1.165) is 36.1 Å². The Bertz CT molecular complexity index is 1450. The first kappa shape index (κ1) is 29.1. The van der Waals surface area contributed by atoms with Crippen LogP contribution in [0.1, 0.15) is 31.1 Å². The van der Waals surface area contributed by atoms with E-state index in [4.69, 9.17) is 4.74 Å². The number of imidazole rings is 1. The summed E-state index contributed by atoms with van der Waals surface area (Å²) in [6.45, 7) is 2.07. The largest absolute Gasteiger partial charge is 0.394 e. The minimum absolute atomic E-state index is 0.0547. The van der Waals surface area contributed by atoms with Gasteiger partial charge in [-0.3, -0.25) is 19.1 Å². The minimum atomic E-state index is -0.945. The molecule has 0 bridgehead atoms. The highest BCUT2D eigenvalue weighted by Gasteiger charge is 2.35. The average Bonchev–Trinajstić information content (AvgIpc) is 3.51. The molecule has 0 radical (unpaired) electrons. The zero-order valence-electron chi connectivity index (χ0n) is 22.5. The van der Waals surface area contributed by atoms with Gasteiger partial charge in [-0.25, -0.2) is 19.7 Å². The minimum Gasteiger partial charge on any atom is -0.394 e. The summed E-state index contributed by atoms with van der Waals surface area (Å²) in [5.41, 5.74) is 0.0553. The number of nitrogens with one attached hydrogen (secondary N) is 3. The second-order valence-corrected chi connectivity index (χ2v) is 9.76. The van der Waals surface area contributed by atoms with Gasteiger partial charge in [0.1, 0.15) is 24.2 Å². The van der Waals surface area contributed by atoms with Crippen LogP contribution < -0.4 is 21.9 Å². The number of carbonyl (C=O) groups excluding carboxylic acids is 1. The van der Waals surface area contributed by atoms with E-state index in [1.54, 1.807) is 6.33 Å². The zero-order chi connectivity index (χ0) is 28.6. The molecule has 1 saturated heterocycles. The summed E-state index contributed by atoms with van der Waals surface area (Å²) < 4.78 is 8.61. The molecule has 15 heteroatoms. The van der Waals surface area contributed by atoms with E-state index in [1.807, 2.05) is 4.57 Å². The van der Waals surface area contributed by atoms with Crippen LogP contribution in [-0.2, 0) is 16.1 Å². The second kappa shape index (κ2) is 13.4. The first-order chi connectivity index (χ1) is 19.3. The third kappa shape index (κ3) is 7.18. The molecule has 4 rings (SSSR count). The molecule has 1 fully saturated rings. The third-order valence-corrected chi connectivity index (χ3v) is 6.48. The fraction of sp³-hybridized carbons (Fsp3) is 0.520. The van der Waals surface area contributed by atoms with Crippen molar-refractivity contribution in [2.75, 3.05) is 45.7 Å². The molecule has 15 nitrogen and oxygen atoms in total. The van der Waals surface area contributed by atoms with Gasteiger partial charge in [0.15, 0.2) is 11.5 Å². The molecule has 1 aliphatic rings. The number of H-pyrrole nitrogens is 1. The number of amides is 1. The van der Waals surface area contributed by atoms with Crippen LogP contribution in [0.25, 0.3) is 17.2 Å². The molecule has 4 heterocycles. The summed E-state index contributed by atoms with van der Waals surface area (Å²) in [5, 5.41) is 25.1. The van der Waals surface area contributed by atoms with Crippen LogP contribution in [0, 0.1) is 0 Å². The molecule has 0 aliphatic carbocycles. The topological polar surface area (TPSA) is 193 Å². The van der Waals surface area contributed by atoms with Crippen molar-refractivity contribution in [3.8, 4) is 0 Å². The number of anilines is 1. The molecule has 3 aromatic heterocycles. The van der Waals surface area contributed by atoms with Crippen LogP contribution in [0.2, 0.25) is 0 Å². The van der Waals surface area contributed by atoms with Crippen molar-refractivity contribution in [3.63, 3.8) is 0 Å². The number of carbonyl (C=O) groups is 1. The van der Waals surface area contributed by atoms with Gasteiger partial charge in [0.2, 0.25) is 5.91 Å². The number of hydrogen-bond acceptors (Lipinski definition) is 11. The van der Waals surface area contributed by atoms with Crippen LogP contribution in [0.5, 0.6) is 0 Å². The summed E-state index contributed by atoms with van der Waals surface area (Å²) >= 11 is 0. The van der Waals surface area contributed by atoms with Crippen LogP contribution in [0.4, 0.5) is 5.82 Å². The molecule has 3 aromatic rings. The number of nitrogens with zero attached hydrogens (tertiary/aromatic N) is 6. The Kier molecular flexibility index (Phi) is 9.76. The Morgan fingerprint density at radius 3 is 2.83 bits per heavy atom. The van der Waals surface area contributed by atoms with E-state index in [1.165, 1.54) is 24.7 Å². The SMILES string of the molecule is CN(C)CCCCn1cnc2c(NCCNC(=O)/C=C/c3cn(C4CC(O)C(CO)O4)c(=O)[nH]c3=O)ncnc21. The number of aryl methyl sites for hydroxylation is 1. The van der Waals surface area contributed by atoms with Gasteiger partial charge < -0.3 is 35.1 Å². The highest BCUT2D eigenvalue weighted by molar-refractivity contribution is 5.91. The maximum atomic E-state index is 12.3. The molecule has 1 aliphatic heterocycles. The molecular formula is C25H35N9O6. The van der Waals surface area contributed by atoms with E-state index in [-0.39, 0.29) is 18.5 Å². The van der Waals surface area contributed by atoms with Gasteiger partial charge in [-0.05, 0) is 39.6 Å². The molecule has 1 amide bonds. The average molecular weight is 558 g/mol. The second-order valence-electron chi connectivity index (χ2n) is 9.76. The Morgan fingerprint density at radius 1 is 1.25 bits per heavy atom. The molecule has 0 aromatic carbocycles. The lowest BCUT2D eigenvalue weighted by Crippen LogP contribution is -2.33. The molecule has 0 spiro atoms. The number of aliphatic hydroxyl groups excluding tert-OH is 2. The number of fused-ring (bicyclic) bond motifs is 1. The smallest absolute Gasteiger partial charge is 0.330 e. The third-order valence-electron chi connectivity index (χ3n) is 6.48. The van der Waals surface area contributed by atoms with Crippen molar-refractivity contribution in [1.82, 2.24) is 39.3 Å². The van der Waals surface area contributed by atoms with Crippen molar-refractivity contribution >= 4 is 29.0 Å². The zero-order valence-corrected chi connectivity index (χ0v) is 22.5. The van der Waals surface area contributed by atoms with E-state index >= 15 is 0 Å². The summed E-state index contributed by atoms with van der Waals surface area (Å²) in [4.78, 5) is 54.2. The number of aliphatic hydroxyl groups is 2. The lowest BCUT2D eigenvalue weighted by molar-refractivity contribution is -0.116. The van der Waals surface area contributed by atoms with Crippen LogP contribution in [-0.4, -0.2) is 103 Å². The lowest BCUT2D eigenvalue weighted by atomic mass is 10.2. The molecular weight excluding hydrogens is 522 g/mol. The van der Waals surface area contributed by atoms with Gasteiger partial charge in [-0.1, -0.05) is 0 Å². The normalized spacial score (nSPS) is 19.2. The van der Waals surface area contributed by atoms with E-state index in [2.05, 4.69) is 49.6 Å². The molecule has 5 N–H and O–H groups in total. The molecule has 3 atom stereocenters. The van der Waals surface area contributed by atoms with Crippen molar-refractivity contribution in [3.05, 3.63) is 51.3 Å². The number of unbranched alkanes of at least 4 members (excludes halogenated alkanes) is 1. The Balaban J connectivity index is 1.29. The number of hydrogen-bond donors (Lipinski definition) is 5. The predicted octanol–water partition coefficient (Wildman–Crippen LogP) is -1.10. The van der Waals surface area contributed by atoms with Gasteiger partial charge in [-0.15, -0.1) is 0 Å². The maximum absolute atomic E-state index is 12.3. The van der Waals surface area contributed by atoms with Gasteiger partial charge in [0.05, 0.1) is 24.6 Å². The molecule has 3 unspecified atom stereocenters. The van der Waals surface area contributed by atoms with Gasteiger partial charge in [0.25, 0.3) is 5.56 Å². The fourth-order valence-corrected chi connectivity index (χ4v) is 4.36. The Labute approximate surface area is 229 Å². The van der Waals surface area contributed by atoms with Gasteiger partial charge >= 0.3 is 5.69 Å². The van der Waals surface area contributed by atoms with E-state index < -0.39 is 42.2 Å². The highest BCUT2D eigenvalue weighted by Crippen LogP contribution is 2.27. The van der Waals surface area contributed by atoms with Crippen molar-refractivity contribution < 1.29 is 19.7 Å². The quantitative estimate of drug-likeness (QED) is 0.127. The summed E-state index contributed by atoms with van der Waals surface area (Å²) in [7, 11) is 4.10. The van der Waals surface area contributed by atoms with Gasteiger partial charge in [0, 0.05) is 38.3 Å². The van der Waals surface area contributed by atoms with Crippen LogP contribution in [0.15, 0.2) is 34.5 Å². The molecule has 40 heavy (non-hydrogen) atoms. The number of aromatic nitrogens is 6. The van der Waals surface area contributed by atoms with E-state index in [9.17, 15) is 24.6 Å². The van der Waals surface area contributed by atoms with Gasteiger partial charge in [-0.2, -0.15) is 0 Å². The van der Waals surface area contributed by atoms with Crippen molar-refractivity contribution in [1.29, 1.82) is 0 Å². The Morgan fingerprint density at radius 2 is 2.08 bits per heavy atom. The van der Waals surface area contributed by atoms with Crippen molar-refractivity contribution in [2.45, 2.75) is 44.2 Å². The molecule has 216 valence electrons. The fourth-order valence-electron chi connectivity index (χ4n) is 4.36. The summed E-state index contributed by atoms with van der Waals surface area (Å²) in [5.74, 6) is 0.125. The number of aromatic amines is 1. The Hall–Kier alpha value is -3.92. The lowest BCUT2D eigenvalue weighted by Gasteiger charge is -2.14. The van der Waals surface area contributed by atoms with Crippen molar-refractivity contribution in [2.24, 2.45) is 0 Å². The van der Waals surface area contributed by atoms with Crippen LogP contribution >= 0.6 is 0 Å². The first-order valence-electron chi connectivity index (χ1n) is 13.1. The summed E-state index contributed by atoms with van der Waals surface area (Å²) in [6, 6.07) is 0. The monoisotopic (exact) mass is 557 g/mol. The summed E-state index contributed by atoms with van der Waals surface area (Å²) in [6.07, 6.45) is 6.47.